The van der Waals surface area contributed by atoms with Crippen LogP contribution in [0, 0.1) is 9.39 Å². The van der Waals surface area contributed by atoms with Crippen molar-refractivity contribution in [1.29, 1.82) is 0 Å². The molecule has 0 spiro atoms. The summed E-state index contributed by atoms with van der Waals surface area (Å²) in [7, 11) is 0. The van der Waals surface area contributed by atoms with Crippen LogP contribution in [0.1, 0.15) is 35.6 Å². The van der Waals surface area contributed by atoms with Gasteiger partial charge in [-0.2, -0.15) is 0 Å². The van der Waals surface area contributed by atoms with Crippen molar-refractivity contribution < 1.29 is 9.18 Å². The number of nitrogens with zero attached hydrogens (tertiary/aromatic N) is 1. The largest absolute Gasteiger partial charge is 0.347 e. The van der Waals surface area contributed by atoms with Gasteiger partial charge in [-0.15, -0.1) is 0 Å². The maximum Gasteiger partial charge on any atom is 0.252 e. The number of imidazole rings is 1. The number of hydrogen-bond acceptors (Lipinski definition) is 2. The summed E-state index contributed by atoms with van der Waals surface area (Å²) in [4.78, 5) is 19.3. The quantitative estimate of drug-likeness (QED) is 0.810. The molecule has 0 saturated carbocycles. The predicted molar refractivity (Wildman–Crippen MR) is 78.2 cm³/mol. The number of benzene rings is 1. The molecule has 0 bridgehead atoms. The standard InChI is InChI=1S/C13H13FIN3O/c1-2-11(12-16-5-6-17-12)18-13(19)9-4-3-8(14)7-10(9)15/h3-7,11H,2H2,1H3,(H,16,17)(H,18,19). The highest BCUT2D eigenvalue weighted by Gasteiger charge is 2.17. The predicted octanol–water partition coefficient (Wildman–Crippen LogP) is 3.03. The fourth-order valence-corrected chi connectivity index (χ4v) is 2.46. The first-order valence-electron chi connectivity index (χ1n) is 5.87. The number of hydrogen-bond donors (Lipinski definition) is 2. The van der Waals surface area contributed by atoms with Crippen LogP contribution >= 0.6 is 22.6 Å². The summed E-state index contributed by atoms with van der Waals surface area (Å²) < 4.78 is 13.6. The van der Waals surface area contributed by atoms with E-state index in [2.05, 4.69) is 15.3 Å². The van der Waals surface area contributed by atoms with E-state index < -0.39 is 0 Å². The highest BCUT2D eigenvalue weighted by atomic mass is 127. The molecule has 0 radical (unpaired) electrons. The molecule has 1 aromatic heterocycles. The van der Waals surface area contributed by atoms with Gasteiger partial charge in [0.25, 0.3) is 5.91 Å². The van der Waals surface area contributed by atoms with E-state index in [-0.39, 0.29) is 17.8 Å². The van der Waals surface area contributed by atoms with E-state index >= 15 is 0 Å². The van der Waals surface area contributed by atoms with Crippen LogP contribution in [-0.4, -0.2) is 15.9 Å². The maximum atomic E-state index is 13.0. The molecule has 0 fully saturated rings. The van der Waals surface area contributed by atoms with Gasteiger partial charge in [0.2, 0.25) is 0 Å². The highest BCUT2D eigenvalue weighted by molar-refractivity contribution is 14.1. The van der Waals surface area contributed by atoms with Gasteiger partial charge < -0.3 is 10.3 Å². The minimum Gasteiger partial charge on any atom is -0.347 e. The highest BCUT2D eigenvalue weighted by Crippen LogP contribution is 2.17. The Morgan fingerprint density at radius 1 is 1.58 bits per heavy atom. The first-order chi connectivity index (χ1) is 9.11. The van der Waals surface area contributed by atoms with Gasteiger partial charge in [0.1, 0.15) is 11.6 Å². The maximum absolute atomic E-state index is 13.0. The fourth-order valence-electron chi connectivity index (χ4n) is 1.74. The number of aromatic nitrogens is 2. The van der Waals surface area contributed by atoms with Crippen LogP contribution in [0.4, 0.5) is 4.39 Å². The Balaban J connectivity index is 2.16. The zero-order valence-electron chi connectivity index (χ0n) is 10.3. The second kappa shape index (κ2) is 6.14. The normalized spacial score (nSPS) is 12.2. The van der Waals surface area contributed by atoms with Crippen molar-refractivity contribution in [2.75, 3.05) is 0 Å². The first kappa shape index (κ1) is 14.0. The van der Waals surface area contributed by atoms with E-state index in [4.69, 9.17) is 0 Å². The van der Waals surface area contributed by atoms with Crippen molar-refractivity contribution in [3.8, 4) is 0 Å². The second-order valence-corrected chi connectivity index (χ2v) is 5.20. The third-order valence-corrected chi connectivity index (χ3v) is 3.63. The van der Waals surface area contributed by atoms with Crippen molar-refractivity contribution in [3.05, 3.63) is 51.4 Å². The van der Waals surface area contributed by atoms with Crippen molar-refractivity contribution in [3.63, 3.8) is 0 Å². The van der Waals surface area contributed by atoms with Gasteiger partial charge in [0.15, 0.2) is 0 Å². The van der Waals surface area contributed by atoms with Crippen LogP contribution in [0.15, 0.2) is 30.6 Å². The number of carbonyl (C=O) groups excluding carboxylic acids is 1. The molecule has 0 saturated heterocycles. The topological polar surface area (TPSA) is 57.8 Å². The van der Waals surface area contributed by atoms with Crippen molar-refractivity contribution in [2.24, 2.45) is 0 Å². The number of aromatic amines is 1. The molecule has 1 heterocycles. The lowest BCUT2D eigenvalue weighted by Crippen LogP contribution is -2.29. The molecular formula is C13H13FIN3O. The van der Waals surface area contributed by atoms with Crippen LogP contribution in [0.3, 0.4) is 0 Å². The summed E-state index contributed by atoms with van der Waals surface area (Å²) in [5.74, 6) is 0.139. The second-order valence-electron chi connectivity index (χ2n) is 4.03. The number of rotatable bonds is 4. The van der Waals surface area contributed by atoms with Crippen molar-refractivity contribution in [2.45, 2.75) is 19.4 Å². The SMILES string of the molecule is CCC(NC(=O)c1ccc(F)cc1I)c1ncc[nH]1. The number of carbonyl (C=O) groups is 1. The summed E-state index contributed by atoms with van der Waals surface area (Å²) in [5.41, 5.74) is 0.465. The molecule has 19 heavy (non-hydrogen) atoms. The van der Waals surface area contributed by atoms with Crippen LogP contribution in [0.2, 0.25) is 0 Å². The summed E-state index contributed by atoms with van der Waals surface area (Å²) in [6.07, 6.45) is 4.08. The van der Waals surface area contributed by atoms with Gasteiger partial charge in [-0.3, -0.25) is 4.79 Å². The van der Waals surface area contributed by atoms with Crippen LogP contribution in [0.25, 0.3) is 0 Å². The lowest BCUT2D eigenvalue weighted by atomic mass is 10.1. The minimum absolute atomic E-state index is 0.177. The fraction of sp³-hybridized carbons (Fsp3) is 0.231. The van der Waals surface area contributed by atoms with E-state index in [1.807, 2.05) is 29.5 Å². The number of amides is 1. The molecule has 6 heteroatoms. The Hall–Kier alpha value is -1.44. The molecule has 1 atom stereocenters. The molecule has 4 nitrogen and oxygen atoms in total. The minimum atomic E-state index is -0.348. The van der Waals surface area contributed by atoms with E-state index in [1.165, 1.54) is 18.2 Å². The van der Waals surface area contributed by atoms with Crippen molar-refractivity contribution >= 4 is 28.5 Å². The Bertz CT molecular complexity index is 571. The molecule has 2 N–H and O–H groups in total. The summed E-state index contributed by atoms with van der Waals surface area (Å²) >= 11 is 1.95. The third kappa shape index (κ3) is 3.31. The van der Waals surface area contributed by atoms with Crippen molar-refractivity contribution in [1.82, 2.24) is 15.3 Å². The van der Waals surface area contributed by atoms with E-state index in [1.54, 1.807) is 12.4 Å². The number of H-pyrrole nitrogens is 1. The third-order valence-electron chi connectivity index (χ3n) is 2.74. The Morgan fingerprint density at radius 2 is 2.37 bits per heavy atom. The Kier molecular flexibility index (Phi) is 4.52. The molecule has 1 amide bonds. The molecule has 2 rings (SSSR count). The zero-order chi connectivity index (χ0) is 13.8. The lowest BCUT2D eigenvalue weighted by Gasteiger charge is -2.15. The van der Waals surface area contributed by atoms with Crippen LogP contribution in [-0.2, 0) is 0 Å². The van der Waals surface area contributed by atoms with Crippen LogP contribution in [0.5, 0.6) is 0 Å². The number of nitrogens with one attached hydrogen (secondary N) is 2. The van der Waals surface area contributed by atoms with Gasteiger partial charge in [0.05, 0.1) is 11.6 Å². The van der Waals surface area contributed by atoms with E-state index in [0.717, 1.165) is 6.42 Å². The molecule has 1 aromatic carbocycles. The Labute approximate surface area is 124 Å². The van der Waals surface area contributed by atoms with Gasteiger partial charge in [-0.05, 0) is 47.2 Å². The molecule has 2 aromatic rings. The average Bonchev–Trinajstić information content (AvgIpc) is 2.89. The van der Waals surface area contributed by atoms with Gasteiger partial charge in [-0.1, -0.05) is 6.92 Å². The molecule has 0 aliphatic heterocycles. The lowest BCUT2D eigenvalue weighted by molar-refractivity contribution is 0.0933. The molecule has 100 valence electrons. The van der Waals surface area contributed by atoms with Gasteiger partial charge in [0, 0.05) is 16.0 Å². The zero-order valence-corrected chi connectivity index (χ0v) is 12.4. The van der Waals surface area contributed by atoms with Gasteiger partial charge >= 0.3 is 0 Å². The summed E-state index contributed by atoms with van der Waals surface area (Å²) in [6, 6.07) is 3.93. The molecular weight excluding hydrogens is 360 g/mol. The van der Waals surface area contributed by atoms with Gasteiger partial charge in [-0.25, -0.2) is 9.37 Å². The monoisotopic (exact) mass is 373 g/mol. The van der Waals surface area contributed by atoms with Crippen LogP contribution < -0.4 is 5.32 Å². The summed E-state index contributed by atoms with van der Waals surface area (Å²) in [6.45, 7) is 1.96. The molecule has 0 aliphatic rings. The number of halogens is 2. The summed E-state index contributed by atoms with van der Waals surface area (Å²) in [5, 5.41) is 2.89. The molecule has 0 aliphatic carbocycles. The van der Waals surface area contributed by atoms with E-state index in [0.29, 0.717) is 15.0 Å². The Morgan fingerprint density at radius 3 is 2.95 bits per heavy atom. The van der Waals surface area contributed by atoms with E-state index in [9.17, 15) is 9.18 Å². The molecule has 1 unspecified atom stereocenters. The average molecular weight is 373 g/mol. The smallest absolute Gasteiger partial charge is 0.252 e. The first-order valence-corrected chi connectivity index (χ1v) is 6.95.